The van der Waals surface area contributed by atoms with Crippen molar-refractivity contribution in [3.63, 3.8) is 0 Å². The van der Waals surface area contributed by atoms with Crippen LogP contribution in [0.4, 0.5) is 15.3 Å². The molecule has 1 saturated carbocycles. The molecule has 2 atom stereocenters. The zero-order valence-corrected chi connectivity index (χ0v) is 23.6. The molecule has 2 heterocycles. The van der Waals surface area contributed by atoms with Gasteiger partial charge in [0.05, 0.1) is 16.6 Å². The summed E-state index contributed by atoms with van der Waals surface area (Å²) in [6.07, 6.45) is -0.707. The Morgan fingerprint density at radius 1 is 1.00 bits per heavy atom. The molecule has 2 amide bonds. The highest BCUT2D eigenvalue weighted by Gasteiger charge is 2.68. The van der Waals surface area contributed by atoms with Crippen LogP contribution in [0.15, 0.2) is 41.0 Å². The zero-order chi connectivity index (χ0) is 27.1. The number of aromatic nitrogens is 2. The molecule has 1 aliphatic carbocycles. The van der Waals surface area contributed by atoms with Gasteiger partial charge in [0.15, 0.2) is 0 Å². The van der Waals surface area contributed by atoms with E-state index in [-0.39, 0.29) is 11.8 Å². The third-order valence-corrected chi connectivity index (χ3v) is 7.21. The molecule has 0 saturated heterocycles. The van der Waals surface area contributed by atoms with Crippen molar-refractivity contribution in [2.75, 3.05) is 4.90 Å². The van der Waals surface area contributed by atoms with Crippen molar-refractivity contribution in [1.29, 1.82) is 0 Å². The maximum atomic E-state index is 13.9. The molecule has 2 aromatic carbocycles. The van der Waals surface area contributed by atoms with E-state index in [1.165, 1.54) is 9.58 Å². The van der Waals surface area contributed by atoms with Gasteiger partial charge in [0, 0.05) is 11.3 Å². The van der Waals surface area contributed by atoms with Crippen LogP contribution in [0, 0.1) is 6.92 Å². The molecular formula is C28H30BrN3O5. The Morgan fingerprint density at radius 2 is 1.65 bits per heavy atom. The van der Waals surface area contributed by atoms with E-state index in [1.807, 2.05) is 43.3 Å². The van der Waals surface area contributed by atoms with E-state index in [0.29, 0.717) is 22.2 Å². The van der Waals surface area contributed by atoms with Crippen LogP contribution in [-0.2, 0) is 19.7 Å². The van der Waals surface area contributed by atoms with Crippen LogP contribution in [0.2, 0.25) is 0 Å². The molecule has 9 heteroatoms. The number of aryl methyl sites for hydroxylation is 1. The standard InChI is InChI=1S/C28H30BrN3O5/c1-15-8-11-20-18(12-15)28(23(33)31(20)24(34)36-26(2,3)4)14-19(28)16-9-10-17-21(13-16)32(30-22(17)29)25(35)37-27(5,6)7/h8-13,19H,14H2,1-7H3/t19-,28-/m0/s1. The van der Waals surface area contributed by atoms with Gasteiger partial charge in [0.1, 0.15) is 15.8 Å². The topological polar surface area (TPSA) is 90.7 Å². The van der Waals surface area contributed by atoms with Gasteiger partial charge in [-0.3, -0.25) is 4.79 Å². The Balaban J connectivity index is 1.56. The van der Waals surface area contributed by atoms with Crippen molar-refractivity contribution in [2.24, 2.45) is 0 Å². The number of hydrogen-bond acceptors (Lipinski definition) is 6. The van der Waals surface area contributed by atoms with E-state index in [2.05, 4.69) is 21.0 Å². The van der Waals surface area contributed by atoms with Gasteiger partial charge in [-0.05, 0) is 100 Å². The molecule has 0 N–H and O–H groups in total. The first-order valence-electron chi connectivity index (χ1n) is 12.2. The number of nitrogens with zero attached hydrogens (tertiary/aromatic N) is 3. The number of amides is 2. The highest BCUT2D eigenvalue weighted by atomic mass is 79.9. The average Bonchev–Trinajstić information content (AvgIpc) is 3.37. The molecule has 8 nitrogen and oxygen atoms in total. The molecular weight excluding hydrogens is 538 g/mol. The van der Waals surface area contributed by atoms with Crippen LogP contribution in [0.1, 0.15) is 70.6 Å². The second-order valence-corrected chi connectivity index (χ2v) is 12.6. The van der Waals surface area contributed by atoms with Gasteiger partial charge in [-0.1, -0.05) is 23.8 Å². The smallest absolute Gasteiger partial charge is 0.435 e. The number of imide groups is 1. The molecule has 5 rings (SSSR count). The van der Waals surface area contributed by atoms with Crippen LogP contribution in [0.25, 0.3) is 10.9 Å². The van der Waals surface area contributed by atoms with Crippen LogP contribution in [0.3, 0.4) is 0 Å². The number of carbonyl (C=O) groups is 3. The molecule has 37 heavy (non-hydrogen) atoms. The van der Waals surface area contributed by atoms with E-state index in [4.69, 9.17) is 9.47 Å². The fourth-order valence-corrected chi connectivity index (χ4v) is 5.56. The van der Waals surface area contributed by atoms with Crippen molar-refractivity contribution >= 4 is 50.6 Å². The SMILES string of the molecule is Cc1ccc2c(c1)[C@]1(C[C@H]1c1ccc3c(Br)nn(C(=O)OC(C)(C)C)c3c1)C(=O)N2C(=O)OC(C)(C)C. The fraction of sp³-hybridized carbons (Fsp3) is 0.429. The lowest BCUT2D eigenvalue weighted by Gasteiger charge is -2.24. The minimum atomic E-state index is -0.861. The Morgan fingerprint density at radius 3 is 2.30 bits per heavy atom. The summed E-state index contributed by atoms with van der Waals surface area (Å²) in [5.41, 5.74) is 1.59. The Hall–Kier alpha value is -3.20. The molecule has 0 radical (unpaired) electrons. The largest absolute Gasteiger partial charge is 0.443 e. The second kappa shape index (κ2) is 8.15. The number of hydrogen-bond donors (Lipinski definition) is 0. The summed E-state index contributed by atoms with van der Waals surface area (Å²) in [6, 6.07) is 11.4. The summed E-state index contributed by atoms with van der Waals surface area (Å²) in [7, 11) is 0. The van der Waals surface area contributed by atoms with Crippen molar-refractivity contribution in [2.45, 2.75) is 77.4 Å². The zero-order valence-electron chi connectivity index (χ0n) is 22.0. The Bertz CT molecular complexity index is 1480. The number of halogens is 1. The number of fused-ring (bicyclic) bond motifs is 3. The molecule has 194 valence electrons. The van der Waals surface area contributed by atoms with Crippen LogP contribution in [-0.4, -0.2) is 39.1 Å². The number of carbonyl (C=O) groups excluding carboxylic acids is 3. The van der Waals surface area contributed by atoms with Crippen LogP contribution >= 0.6 is 15.9 Å². The Kier molecular flexibility index (Phi) is 5.60. The highest BCUT2D eigenvalue weighted by Crippen LogP contribution is 2.66. The van der Waals surface area contributed by atoms with Crippen molar-refractivity contribution in [3.05, 3.63) is 57.7 Å². The van der Waals surface area contributed by atoms with Crippen molar-refractivity contribution in [1.82, 2.24) is 9.78 Å². The monoisotopic (exact) mass is 567 g/mol. The van der Waals surface area contributed by atoms with E-state index in [9.17, 15) is 14.4 Å². The minimum absolute atomic E-state index is 0.168. The normalized spacial score (nSPS) is 20.9. The maximum Gasteiger partial charge on any atom is 0.435 e. The first-order valence-corrected chi connectivity index (χ1v) is 13.0. The Labute approximate surface area is 224 Å². The summed E-state index contributed by atoms with van der Waals surface area (Å²) in [6.45, 7) is 12.7. The van der Waals surface area contributed by atoms with E-state index >= 15 is 0 Å². The molecule has 1 aromatic heterocycles. The maximum absolute atomic E-state index is 13.9. The molecule has 1 fully saturated rings. The van der Waals surface area contributed by atoms with Gasteiger partial charge in [0.25, 0.3) is 0 Å². The predicted octanol–water partition coefficient (Wildman–Crippen LogP) is 6.60. The molecule has 0 bridgehead atoms. The average molecular weight is 568 g/mol. The molecule has 1 spiro atoms. The first kappa shape index (κ1) is 25.4. The minimum Gasteiger partial charge on any atom is -0.443 e. The third-order valence-electron chi connectivity index (χ3n) is 6.62. The van der Waals surface area contributed by atoms with Gasteiger partial charge in [0.2, 0.25) is 5.91 Å². The lowest BCUT2D eigenvalue weighted by Crippen LogP contribution is -2.41. The van der Waals surface area contributed by atoms with Crippen LogP contribution in [0.5, 0.6) is 0 Å². The van der Waals surface area contributed by atoms with Gasteiger partial charge in [-0.25, -0.2) is 14.5 Å². The van der Waals surface area contributed by atoms with E-state index < -0.39 is 28.8 Å². The number of ether oxygens (including phenoxy) is 2. The van der Waals surface area contributed by atoms with E-state index in [0.717, 1.165) is 22.1 Å². The summed E-state index contributed by atoms with van der Waals surface area (Å²) in [4.78, 5) is 41.0. The number of rotatable bonds is 1. The number of benzene rings is 2. The molecule has 3 aromatic rings. The van der Waals surface area contributed by atoms with Gasteiger partial charge in [-0.15, -0.1) is 0 Å². The fourth-order valence-electron chi connectivity index (χ4n) is 5.07. The third kappa shape index (κ3) is 4.23. The van der Waals surface area contributed by atoms with Gasteiger partial charge in [-0.2, -0.15) is 9.78 Å². The lowest BCUT2D eigenvalue weighted by atomic mass is 9.91. The van der Waals surface area contributed by atoms with Crippen molar-refractivity contribution in [3.8, 4) is 0 Å². The highest BCUT2D eigenvalue weighted by molar-refractivity contribution is 9.10. The summed E-state index contributed by atoms with van der Waals surface area (Å²) in [5.74, 6) is -0.451. The van der Waals surface area contributed by atoms with Crippen molar-refractivity contribution < 1.29 is 23.9 Å². The second-order valence-electron chi connectivity index (χ2n) is 11.8. The first-order chi connectivity index (χ1) is 17.1. The van der Waals surface area contributed by atoms with Gasteiger partial charge >= 0.3 is 12.2 Å². The molecule has 1 aliphatic heterocycles. The molecule has 2 aliphatic rings. The van der Waals surface area contributed by atoms with Gasteiger partial charge < -0.3 is 9.47 Å². The predicted molar refractivity (Wildman–Crippen MR) is 143 cm³/mol. The summed E-state index contributed by atoms with van der Waals surface area (Å²) < 4.78 is 12.9. The van der Waals surface area contributed by atoms with E-state index in [1.54, 1.807) is 41.5 Å². The molecule has 0 unspecified atom stereocenters. The summed E-state index contributed by atoms with van der Waals surface area (Å²) in [5, 5.41) is 5.10. The quantitative estimate of drug-likeness (QED) is 0.329. The lowest BCUT2D eigenvalue weighted by molar-refractivity contribution is -0.120. The van der Waals surface area contributed by atoms with Crippen LogP contribution < -0.4 is 4.90 Å². The number of anilines is 1. The summed E-state index contributed by atoms with van der Waals surface area (Å²) >= 11 is 3.44.